The number of fused-ring (bicyclic) bond motifs is 1. The van der Waals surface area contributed by atoms with Gasteiger partial charge in [-0.15, -0.1) is 0 Å². The molecule has 2 heterocycles. The first-order valence-electron chi connectivity index (χ1n) is 8.15. The van der Waals surface area contributed by atoms with E-state index in [4.69, 9.17) is 5.26 Å². The van der Waals surface area contributed by atoms with Gasteiger partial charge in [0.25, 0.3) is 0 Å². The summed E-state index contributed by atoms with van der Waals surface area (Å²) in [5.41, 5.74) is 2.08. The summed E-state index contributed by atoms with van der Waals surface area (Å²) in [6, 6.07) is 12.6. The number of nitrogens with zero attached hydrogens (tertiary/aromatic N) is 5. The number of aryl methyl sites for hydroxylation is 1. The third-order valence-electron chi connectivity index (χ3n) is 4.15. The van der Waals surface area contributed by atoms with Gasteiger partial charge in [0.1, 0.15) is 12.1 Å². The van der Waals surface area contributed by atoms with Crippen molar-refractivity contribution >= 4 is 16.9 Å². The Morgan fingerprint density at radius 2 is 2.08 bits per heavy atom. The molecule has 0 saturated carbocycles. The molecule has 6 heteroatoms. The fourth-order valence-corrected chi connectivity index (χ4v) is 2.80. The number of nitrogens with one attached hydrogen (secondary N) is 1. The van der Waals surface area contributed by atoms with Crippen molar-refractivity contribution < 1.29 is 0 Å². The van der Waals surface area contributed by atoms with E-state index in [1.165, 1.54) is 5.56 Å². The van der Waals surface area contributed by atoms with Crippen molar-refractivity contribution in [2.24, 2.45) is 0 Å². The summed E-state index contributed by atoms with van der Waals surface area (Å²) in [7, 11) is 0. The highest BCUT2D eigenvalue weighted by atomic mass is 15.3. The van der Waals surface area contributed by atoms with Gasteiger partial charge in [-0.2, -0.15) is 10.4 Å². The first-order valence-corrected chi connectivity index (χ1v) is 8.15. The predicted octanol–water partition coefficient (Wildman–Crippen LogP) is 3.35. The smallest absolute Gasteiger partial charge is 0.163 e. The number of hydrogen-bond donors (Lipinski definition) is 1. The molecule has 1 aromatic carbocycles. The van der Waals surface area contributed by atoms with Crippen LogP contribution < -0.4 is 5.32 Å². The molecule has 3 aromatic rings. The van der Waals surface area contributed by atoms with Gasteiger partial charge < -0.3 is 5.32 Å². The van der Waals surface area contributed by atoms with Gasteiger partial charge in [0.15, 0.2) is 5.65 Å². The van der Waals surface area contributed by atoms with Gasteiger partial charge >= 0.3 is 0 Å². The van der Waals surface area contributed by atoms with Crippen LogP contribution in [0.5, 0.6) is 0 Å². The summed E-state index contributed by atoms with van der Waals surface area (Å²) < 4.78 is 1.75. The molecule has 1 unspecified atom stereocenters. The van der Waals surface area contributed by atoms with Crippen LogP contribution in [0.15, 0.2) is 42.9 Å². The molecule has 0 amide bonds. The lowest BCUT2D eigenvalue weighted by Gasteiger charge is -2.16. The molecule has 1 N–H and O–H groups in total. The zero-order valence-electron chi connectivity index (χ0n) is 13.7. The van der Waals surface area contributed by atoms with E-state index >= 15 is 0 Å². The Morgan fingerprint density at radius 1 is 1.25 bits per heavy atom. The van der Waals surface area contributed by atoms with E-state index in [-0.39, 0.29) is 0 Å². The number of nitriles is 1. The van der Waals surface area contributed by atoms with Crippen LogP contribution in [0.3, 0.4) is 0 Å². The molecule has 0 radical (unpaired) electrons. The highest BCUT2D eigenvalue weighted by molar-refractivity contribution is 5.86. The van der Waals surface area contributed by atoms with Crippen molar-refractivity contribution in [3.8, 4) is 6.07 Å². The molecule has 0 aliphatic rings. The Balaban J connectivity index is 1.78. The first-order chi connectivity index (χ1) is 11.8. The Hall–Kier alpha value is -2.94. The van der Waals surface area contributed by atoms with Crippen molar-refractivity contribution in [1.82, 2.24) is 19.7 Å². The number of benzene rings is 1. The topological polar surface area (TPSA) is 79.4 Å². The lowest BCUT2D eigenvalue weighted by atomic mass is 9.96. The zero-order chi connectivity index (χ0) is 16.8. The predicted molar refractivity (Wildman–Crippen MR) is 93.5 cm³/mol. The third-order valence-corrected chi connectivity index (χ3v) is 4.15. The minimum Gasteiger partial charge on any atom is -0.369 e. The average Bonchev–Trinajstić information content (AvgIpc) is 3.05. The molecule has 122 valence electrons. The second kappa shape index (κ2) is 7.55. The summed E-state index contributed by atoms with van der Waals surface area (Å²) >= 11 is 0. The summed E-state index contributed by atoms with van der Waals surface area (Å²) in [5, 5.41) is 17.4. The Bertz CT molecular complexity index is 834. The van der Waals surface area contributed by atoms with Crippen molar-refractivity contribution in [2.45, 2.75) is 32.2 Å². The molecule has 0 saturated heterocycles. The van der Waals surface area contributed by atoms with Crippen LogP contribution in [0.1, 0.15) is 31.2 Å². The number of rotatable bonds is 7. The van der Waals surface area contributed by atoms with E-state index in [2.05, 4.69) is 57.6 Å². The van der Waals surface area contributed by atoms with Gasteiger partial charge in [0.2, 0.25) is 0 Å². The van der Waals surface area contributed by atoms with Crippen molar-refractivity contribution in [1.29, 1.82) is 5.26 Å². The number of anilines is 1. The zero-order valence-corrected chi connectivity index (χ0v) is 13.7. The Labute approximate surface area is 141 Å². The molecule has 0 fully saturated rings. The lowest BCUT2D eigenvalue weighted by molar-refractivity contribution is 0.643. The van der Waals surface area contributed by atoms with Crippen LogP contribution in [0.25, 0.3) is 11.0 Å². The van der Waals surface area contributed by atoms with Gasteiger partial charge in [0, 0.05) is 12.5 Å². The average molecular weight is 320 g/mol. The molecular formula is C18H20N6. The SMILES string of the molecule is CCC(CNc1ncnc2c1cnn2CCC#N)c1ccccc1. The standard InChI is InChI=1S/C18H20N6/c1-2-14(15-7-4-3-5-8-15)11-20-17-16-12-23-24(10-6-9-19)18(16)22-13-21-17/h3-5,7-8,12-14H,2,6,10-11H2,1H3,(H,20,21,22). The number of hydrogen-bond acceptors (Lipinski definition) is 5. The van der Waals surface area contributed by atoms with Crippen molar-refractivity contribution in [3.63, 3.8) is 0 Å². The molecule has 0 bridgehead atoms. The van der Waals surface area contributed by atoms with Crippen molar-refractivity contribution in [3.05, 3.63) is 48.4 Å². The van der Waals surface area contributed by atoms with Crippen LogP contribution in [-0.2, 0) is 6.54 Å². The van der Waals surface area contributed by atoms with E-state index in [0.29, 0.717) is 18.9 Å². The first kappa shape index (κ1) is 15.9. The molecule has 0 aliphatic heterocycles. The van der Waals surface area contributed by atoms with E-state index < -0.39 is 0 Å². The molecule has 0 aliphatic carbocycles. The van der Waals surface area contributed by atoms with Gasteiger partial charge in [-0.05, 0) is 12.0 Å². The maximum Gasteiger partial charge on any atom is 0.163 e. The van der Waals surface area contributed by atoms with E-state index in [0.717, 1.165) is 29.8 Å². The minimum atomic E-state index is 0.412. The lowest BCUT2D eigenvalue weighted by Crippen LogP contribution is -2.13. The summed E-state index contributed by atoms with van der Waals surface area (Å²) in [6.07, 6.45) is 4.76. The van der Waals surface area contributed by atoms with Gasteiger partial charge in [-0.3, -0.25) is 0 Å². The van der Waals surface area contributed by atoms with Crippen LogP contribution in [0, 0.1) is 11.3 Å². The van der Waals surface area contributed by atoms with Gasteiger partial charge in [-0.1, -0.05) is 37.3 Å². The van der Waals surface area contributed by atoms with Crippen molar-refractivity contribution in [2.75, 3.05) is 11.9 Å². The summed E-state index contributed by atoms with van der Waals surface area (Å²) in [5.74, 6) is 1.21. The molecule has 0 spiro atoms. The fraction of sp³-hybridized carbons (Fsp3) is 0.333. The second-order valence-corrected chi connectivity index (χ2v) is 5.63. The van der Waals surface area contributed by atoms with Crippen LogP contribution in [0.4, 0.5) is 5.82 Å². The van der Waals surface area contributed by atoms with Crippen LogP contribution in [0.2, 0.25) is 0 Å². The third kappa shape index (κ3) is 3.35. The largest absolute Gasteiger partial charge is 0.369 e. The molecule has 1 atom stereocenters. The maximum atomic E-state index is 8.74. The maximum absolute atomic E-state index is 8.74. The molecule has 2 aromatic heterocycles. The Morgan fingerprint density at radius 3 is 2.83 bits per heavy atom. The summed E-state index contributed by atoms with van der Waals surface area (Å²) in [4.78, 5) is 8.66. The normalized spacial score (nSPS) is 12.0. The number of aromatic nitrogens is 4. The van der Waals surface area contributed by atoms with Gasteiger partial charge in [-0.25, -0.2) is 14.6 Å². The van der Waals surface area contributed by atoms with Crippen LogP contribution >= 0.6 is 0 Å². The highest BCUT2D eigenvalue weighted by Gasteiger charge is 2.12. The highest BCUT2D eigenvalue weighted by Crippen LogP contribution is 2.23. The van der Waals surface area contributed by atoms with E-state index in [9.17, 15) is 0 Å². The monoisotopic (exact) mass is 320 g/mol. The molecule has 3 rings (SSSR count). The Kier molecular flexibility index (Phi) is 5.02. The van der Waals surface area contributed by atoms with E-state index in [1.54, 1.807) is 17.2 Å². The van der Waals surface area contributed by atoms with E-state index in [1.807, 2.05) is 6.07 Å². The molecular weight excluding hydrogens is 300 g/mol. The molecule has 6 nitrogen and oxygen atoms in total. The van der Waals surface area contributed by atoms with Crippen LogP contribution in [-0.4, -0.2) is 26.3 Å². The van der Waals surface area contributed by atoms with Gasteiger partial charge in [0.05, 0.1) is 30.6 Å². The minimum absolute atomic E-state index is 0.412. The quantitative estimate of drug-likeness (QED) is 0.722. The molecule has 24 heavy (non-hydrogen) atoms. The second-order valence-electron chi connectivity index (χ2n) is 5.63. The summed E-state index contributed by atoms with van der Waals surface area (Å²) in [6.45, 7) is 3.53. The fourth-order valence-electron chi connectivity index (χ4n) is 2.80.